The Bertz CT molecular complexity index is 866. The number of nitrogens with zero attached hydrogens (tertiary/aromatic N) is 3. The van der Waals surface area contributed by atoms with E-state index in [1.54, 1.807) is 25.1 Å². The van der Waals surface area contributed by atoms with E-state index < -0.39 is 17.6 Å². The molecule has 9 nitrogen and oxygen atoms in total. The molecule has 2 aromatic rings. The van der Waals surface area contributed by atoms with E-state index in [0.29, 0.717) is 16.9 Å². The fourth-order valence-corrected chi connectivity index (χ4v) is 2.20. The third kappa shape index (κ3) is 4.58. The molecule has 0 radical (unpaired) electrons. The lowest BCUT2D eigenvalue weighted by Crippen LogP contribution is -2.43. The van der Waals surface area contributed by atoms with Gasteiger partial charge < -0.3 is 15.2 Å². The summed E-state index contributed by atoms with van der Waals surface area (Å²) in [7, 11) is 1.24. The summed E-state index contributed by atoms with van der Waals surface area (Å²) in [5.74, 6) is -0.625. The van der Waals surface area contributed by atoms with Crippen molar-refractivity contribution >= 4 is 23.4 Å². The maximum atomic E-state index is 12.4. The van der Waals surface area contributed by atoms with Crippen LogP contribution in [0.15, 0.2) is 30.6 Å². The van der Waals surface area contributed by atoms with Gasteiger partial charge in [0.05, 0.1) is 37.2 Å². The van der Waals surface area contributed by atoms with Crippen LogP contribution in [-0.4, -0.2) is 39.6 Å². The summed E-state index contributed by atoms with van der Waals surface area (Å²) < 4.78 is 5.80. The first kappa shape index (κ1) is 19.0. The van der Waals surface area contributed by atoms with Crippen LogP contribution in [-0.2, 0) is 16.1 Å². The van der Waals surface area contributed by atoms with Gasteiger partial charge in [0.15, 0.2) is 5.60 Å². The number of carbonyl (C=O) groups excluding carboxylic acids is 2. The Balaban J connectivity index is 2.05. The lowest BCUT2D eigenvalue weighted by atomic mass is 10.1. The number of nitrogens with one attached hydrogen (secondary N) is 2. The molecule has 0 spiro atoms. The lowest BCUT2D eigenvalue weighted by molar-refractivity contribution is -0.133. The van der Waals surface area contributed by atoms with Crippen molar-refractivity contribution < 1.29 is 19.4 Å². The average Bonchev–Trinajstić information content (AvgIpc) is 3.01. The third-order valence-corrected chi connectivity index (χ3v) is 3.63. The predicted octanol–water partition coefficient (Wildman–Crippen LogP) is 1.63. The molecule has 136 valence electrons. The molecule has 0 saturated heterocycles. The summed E-state index contributed by atoms with van der Waals surface area (Å²) in [5.41, 5.74) is 0.319. The minimum atomic E-state index is -1.75. The highest BCUT2D eigenvalue weighted by molar-refractivity contribution is 5.96. The molecule has 0 fully saturated rings. The molecule has 9 heteroatoms. The number of methoxy groups -OCH3 is 1. The van der Waals surface area contributed by atoms with Gasteiger partial charge in [0.25, 0.3) is 5.91 Å². The van der Waals surface area contributed by atoms with Gasteiger partial charge in [-0.3, -0.25) is 14.8 Å². The Hall–Kier alpha value is -3.38. The highest BCUT2D eigenvalue weighted by Gasteiger charge is 2.31. The van der Waals surface area contributed by atoms with E-state index in [-0.39, 0.29) is 6.54 Å². The second-order valence-corrected chi connectivity index (χ2v) is 5.91. The van der Waals surface area contributed by atoms with Crippen molar-refractivity contribution in [3.8, 4) is 6.07 Å². The molecule has 2 amide bonds. The highest BCUT2D eigenvalue weighted by Crippen LogP contribution is 2.17. The molecule has 1 aromatic carbocycles. The minimum Gasteiger partial charge on any atom is -0.453 e. The van der Waals surface area contributed by atoms with Crippen LogP contribution in [0, 0.1) is 18.3 Å². The van der Waals surface area contributed by atoms with Gasteiger partial charge in [-0.05, 0) is 37.6 Å². The van der Waals surface area contributed by atoms with Crippen molar-refractivity contribution in [2.75, 3.05) is 17.7 Å². The Kier molecular flexibility index (Phi) is 5.59. The van der Waals surface area contributed by atoms with Crippen LogP contribution in [0.2, 0.25) is 0 Å². The summed E-state index contributed by atoms with van der Waals surface area (Å²) in [6, 6.07) is 6.88. The number of nitriles is 1. The summed E-state index contributed by atoms with van der Waals surface area (Å²) in [6.07, 6.45) is 2.18. The molecule has 1 heterocycles. The van der Waals surface area contributed by atoms with Crippen LogP contribution in [0.5, 0.6) is 0 Å². The second kappa shape index (κ2) is 7.67. The molecule has 0 aliphatic rings. The largest absolute Gasteiger partial charge is 0.453 e. The van der Waals surface area contributed by atoms with Crippen molar-refractivity contribution in [1.82, 2.24) is 9.78 Å². The zero-order chi connectivity index (χ0) is 19.3. The number of aromatic nitrogens is 2. The summed E-state index contributed by atoms with van der Waals surface area (Å²) >= 11 is 0. The fraction of sp³-hybridized carbons (Fsp3) is 0.294. The Morgan fingerprint density at radius 3 is 2.73 bits per heavy atom. The number of amides is 2. The van der Waals surface area contributed by atoms with E-state index in [1.165, 1.54) is 31.1 Å². The quantitative estimate of drug-likeness (QED) is 0.746. The number of hydrogen-bond acceptors (Lipinski definition) is 6. The minimum absolute atomic E-state index is 0.128. The zero-order valence-electron chi connectivity index (χ0n) is 14.6. The molecule has 0 aliphatic carbocycles. The average molecular weight is 357 g/mol. The molecule has 3 N–H and O–H groups in total. The molecule has 1 atom stereocenters. The number of rotatable bonds is 5. The van der Waals surface area contributed by atoms with Crippen LogP contribution in [0.25, 0.3) is 0 Å². The van der Waals surface area contributed by atoms with E-state index >= 15 is 0 Å². The topological polar surface area (TPSA) is 129 Å². The number of anilines is 2. The normalized spacial score (nSPS) is 12.6. The van der Waals surface area contributed by atoms with Crippen molar-refractivity contribution in [2.24, 2.45) is 0 Å². The second-order valence-electron chi connectivity index (χ2n) is 5.91. The van der Waals surface area contributed by atoms with Gasteiger partial charge in [-0.25, -0.2) is 4.79 Å². The van der Waals surface area contributed by atoms with E-state index in [1.807, 2.05) is 6.07 Å². The number of aliphatic hydroxyl groups is 1. The standard InChI is InChI=1S/C17H19N5O4/c1-11-6-13(5-4-12(11)7-18)20-15(23)17(2,25)10-22-9-14(8-19-22)21-16(24)26-3/h4-6,8-9,25H,10H2,1-3H3,(H,20,23)(H,21,24). The predicted molar refractivity (Wildman–Crippen MR) is 93.4 cm³/mol. The highest BCUT2D eigenvalue weighted by atomic mass is 16.5. The first-order chi connectivity index (χ1) is 12.2. The number of carbonyl (C=O) groups is 2. The lowest BCUT2D eigenvalue weighted by Gasteiger charge is -2.22. The maximum Gasteiger partial charge on any atom is 0.411 e. The summed E-state index contributed by atoms with van der Waals surface area (Å²) in [6.45, 7) is 2.98. The van der Waals surface area contributed by atoms with Crippen LogP contribution in [0.3, 0.4) is 0 Å². The SMILES string of the molecule is COC(=O)Nc1cnn(CC(C)(O)C(=O)Nc2ccc(C#N)c(C)c2)c1. The molecule has 0 bridgehead atoms. The van der Waals surface area contributed by atoms with Gasteiger partial charge in [-0.15, -0.1) is 0 Å². The van der Waals surface area contributed by atoms with Gasteiger partial charge >= 0.3 is 6.09 Å². The number of ether oxygens (including phenoxy) is 1. The maximum absolute atomic E-state index is 12.4. The van der Waals surface area contributed by atoms with Crippen molar-refractivity contribution in [3.05, 3.63) is 41.7 Å². The number of aryl methyl sites for hydroxylation is 1. The zero-order valence-corrected chi connectivity index (χ0v) is 14.6. The van der Waals surface area contributed by atoms with E-state index in [9.17, 15) is 14.7 Å². The molecule has 0 saturated carbocycles. The van der Waals surface area contributed by atoms with E-state index in [2.05, 4.69) is 20.5 Å². The van der Waals surface area contributed by atoms with Gasteiger partial charge in [0.1, 0.15) is 0 Å². The van der Waals surface area contributed by atoms with Gasteiger partial charge in [0, 0.05) is 11.9 Å². The molecule has 2 rings (SSSR count). The van der Waals surface area contributed by atoms with Gasteiger partial charge in [-0.2, -0.15) is 10.4 Å². The molecule has 0 aliphatic heterocycles. The summed E-state index contributed by atoms with van der Waals surface area (Å²) in [4.78, 5) is 23.5. The smallest absolute Gasteiger partial charge is 0.411 e. The molecular formula is C17H19N5O4. The van der Waals surface area contributed by atoms with E-state index in [0.717, 1.165) is 5.56 Å². The number of benzene rings is 1. The van der Waals surface area contributed by atoms with Crippen LogP contribution < -0.4 is 10.6 Å². The molecule has 1 aromatic heterocycles. The van der Waals surface area contributed by atoms with Crippen molar-refractivity contribution in [2.45, 2.75) is 26.0 Å². The van der Waals surface area contributed by atoms with Crippen LogP contribution >= 0.6 is 0 Å². The van der Waals surface area contributed by atoms with Crippen LogP contribution in [0.4, 0.5) is 16.2 Å². The Morgan fingerprint density at radius 2 is 2.12 bits per heavy atom. The molecular weight excluding hydrogens is 338 g/mol. The fourth-order valence-electron chi connectivity index (χ4n) is 2.20. The van der Waals surface area contributed by atoms with Crippen molar-refractivity contribution in [3.63, 3.8) is 0 Å². The van der Waals surface area contributed by atoms with Crippen LogP contribution in [0.1, 0.15) is 18.1 Å². The first-order valence-electron chi connectivity index (χ1n) is 7.67. The monoisotopic (exact) mass is 357 g/mol. The van der Waals surface area contributed by atoms with Crippen molar-refractivity contribution in [1.29, 1.82) is 5.26 Å². The molecule has 26 heavy (non-hydrogen) atoms. The Morgan fingerprint density at radius 1 is 1.38 bits per heavy atom. The molecule has 1 unspecified atom stereocenters. The van der Waals surface area contributed by atoms with Gasteiger partial charge in [-0.1, -0.05) is 0 Å². The van der Waals surface area contributed by atoms with Gasteiger partial charge in [0.2, 0.25) is 0 Å². The first-order valence-corrected chi connectivity index (χ1v) is 7.67. The number of hydrogen-bond donors (Lipinski definition) is 3. The summed E-state index contributed by atoms with van der Waals surface area (Å²) in [5, 5.41) is 28.4. The third-order valence-electron chi connectivity index (χ3n) is 3.63. The van der Waals surface area contributed by atoms with E-state index in [4.69, 9.17) is 5.26 Å². The Labute approximate surface area is 150 Å².